The Labute approximate surface area is 123 Å². The van der Waals surface area contributed by atoms with Gasteiger partial charge in [0.25, 0.3) is 5.69 Å². The maximum atomic E-state index is 11.2. The van der Waals surface area contributed by atoms with E-state index in [4.69, 9.17) is 0 Å². The van der Waals surface area contributed by atoms with Crippen LogP contribution in [0.1, 0.15) is 26.3 Å². The van der Waals surface area contributed by atoms with Gasteiger partial charge in [-0.3, -0.25) is 19.6 Å². The predicted molar refractivity (Wildman–Crippen MR) is 81.1 cm³/mol. The normalized spacial score (nSPS) is 9.71. The van der Waals surface area contributed by atoms with Crippen LogP contribution in [0.15, 0.2) is 30.5 Å². The summed E-state index contributed by atoms with van der Waals surface area (Å²) in [4.78, 5) is 21.9. The third-order valence-electron chi connectivity index (χ3n) is 2.75. The number of hydrogen-bond acceptors (Lipinski definition) is 4. The van der Waals surface area contributed by atoms with Crippen LogP contribution in [0.4, 0.5) is 5.69 Å². The highest BCUT2D eigenvalue weighted by atomic mass is 16.6. The molecule has 0 aliphatic carbocycles. The molecule has 0 spiro atoms. The zero-order valence-corrected chi connectivity index (χ0v) is 12.7. The van der Waals surface area contributed by atoms with Crippen LogP contribution in [0.3, 0.4) is 0 Å². The summed E-state index contributed by atoms with van der Waals surface area (Å²) in [5.41, 5.74) is 1.90. The maximum absolute atomic E-state index is 11.2. The minimum atomic E-state index is -0.431. The smallest absolute Gasteiger partial charge is 0.278 e. The molecule has 0 N–H and O–H groups in total. The van der Waals surface area contributed by atoms with Gasteiger partial charge in [-0.1, -0.05) is 26.0 Å². The number of Topliss-reactive ketones (excluding diaryl/α,β-unsaturated/α-hetero) is 1. The van der Waals surface area contributed by atoms with Crippen LogP contribution in [-0.2, 0) is 11.3 Å². The number of benzene rings is 1. The number of carbonyl (C=O) groups is 1. The second-order valence-electron chi connectivity index (χ2n) is 4.31. The van der Waals surface area contributed by atoms with Crippen molar-refractivity contribution >= 4 is 11.5 Å². The largest absolute Gasteiger partial charge is 0.298 e. The molecular formula is C15H19N3O3. The fourth-order valence-corrected chi connectivity index (χ4v) is 1.99. The van der Waals surface area contributed by atoms with Gasteiger partial charge in [-0.15, -0.1) is 0 Å². The number of para-hydroxylation sites is 1. The molecule has 1 aromatic heterocycles. The zero-order chi connectivity index (χ0) is 16.0. The number of rotatable bonds is 4. The molecule has 0 saturated carbocycles. The lowest BCUT2D eigenvalue weighted by atomic mass is 10.1. The third kappa shape index (κ3) is 3.75. The number of hydrogen-bond donors (Lipinski definition) is 0. The average Bonchev–Trinajstić information content (AvgIpc) is 2.81. The summed E-state index contributed by atoms with van der Waals surface area (Å²) in [5.74, 6) is -0.0528. The molecule has 0 atom stereocenters. The lowest BCUT2D eigenvalue weighted by Crippen LogP contribution is -2.10. The summed E-state index contributed by atoms with van der Waals surface area (Å²) in [7, 11) is 0. The lowest BCUT2D eigenvalue weighted by molar-refractivity contribution is -0.384. The minimum absolute atomic E-state index is 0.0101. The highest BCUT2D eigenvalue weighted by Gasteiger charge is 2.20. The van der Waals surface area contributed by atoms with E-state index in [-0.39, 0.29) is 18.0 Å². The molecule has 0 aliphatic rings. The number of nitro benzene ring substituents is 1. The monoisotopic (exact) mass is 289 g/mol. The van der Waals surface area contributed by atoms with Gasteiger partial charge in [-0.2, -0.15) is 5.10 Å². The van der Waals surface area contributed by atoms with Crippen molar-refractivity contribution in [2.75, 3.05) is 0 Å². The standard InChI is InChI=1S/C13H13N3O3.C2H6/c1-9-7-14-15(8-10(2)17)13(9)11-5-3-4-6-12(11)16(18)19;1-2/h3-7H,8H2,1-2H3;1-2H3. The van der Waals surface area contributed by atoms with E-state index in [9.17, 15) is 14.9 Å². The SMILES string of the molecule is CC.CC(=O)Cn1ncc(C)c1-c1ccccc1[N+](=O)[O-]. The van der Waals surface area contributed by atoms with Gasteiger partial charge in [0.15, 0.2) is 5.78 Å². The fourth-order valence-electron chi connectivity index (χ4n) is 1.99. The van der Waals surface area contributed by atoms with Crippen molar-refractivity contribution in [1.29, 1.82) is 0 Å². The number of nitrogens with zero attached hydrogens (tertiary/aromatic N) is 3. The Morgan fingerprint density at radius 2 is 1.95 bits per heavy atom. The van der Waals surface area contributed by atoms with Gasteiger partial charge in [0, 0.05) is 6.07 Å². The Kier molecular flexibility index (Phi) is 5.78. The van der Waals surface area contributed by atoms with Crippen molar-refractivity contribution in [2.24, 2.45) is 0 Å². The minimum Gasteiger partial charge on any atom is -0.298 e. The molecule has 0 aliphatic heterocycles. The summed E-state index contributed by atoms with van der Waals surface area (Å²) in [6.45, 7) is 7.38. The molecule has 0 fully saturated rings. The summed E-state index contributed by atoms with van der Waals surface area (Å²) >= 11 is 0. The lowest BCUT2D eigenvalue weighted by Gasteiger charge is -2.07. The van der Waals surface area contributed by atoms with Crippen molar-refractivity contribution in [2.45, 2.75) is 34.2 Å². The van der Waals surface area contributed by atoms with Crippen molar-refractivity contribution in [1.82, 2.24) is 9.78 Å². The Morgan fingerprint density at radius 3 is 2.52 bits per heavy atom. The van der Waals surface area contributed by atoms with Crippen LogP contribution in [0, 0.1) is 17.0 Å². The summed E-state index contributed by atoms with van der Waals surface area (Å²) in [6, 6.07) is 6.45. The van der Waals surface area contributed by atoms with E-state index < -0.39 is 4.92 Å². The zero-order valence-electron chi connectivity index (χ0n) is 12.7. The third-order valence-corrected chi connectivity index (χ3v) is 2.75. The van der Waals surface area contributed by atoms with Gasteiger partial charge >= 0.3 is 0 Å². The second-order valence-corrected chi connectivity index (χ2v) is 4.31. The summed E-state index contributed by atoms with van der Waals surface area (Å²) in [6.07, 6.45) is 1.61. The summed E-state index contributed by atoms with van der Waals surface area (Å²) in [5, 5.41) is 15.2. The average molecular weight is 289 g/mol. The van der Waals surface area contributed by atoms with E-state index in [2.05, 4.69) is 5.10 Å². The van der Waals surface area contributed by atoms with Crippen LogP contribution < -0.4 is 0 Å². The highest BCUT2D eigenvalue weighted by Crippen LogP contribution is 2.31. The van der Waals surface area contributed by atoms with Crippen molar-refractivity contribution < 1.29 is 9.72 Å². The van der Waals surface area contributed by atoms with Crippen molar-refractivity contribution in [3.63, 3.8) is 0 Å². The number of aryl methyl sites for hydroxylation is 1. The molecular weight excluding hydrogens is 270 g/mol. The molecule has 6 nitrogen and oxygen atoms in total. The maximum Gasteiger partial charge on any atom is 0.278 e. The van der Waals surface area contributed by atoms with E-state index in [1.54, 1.807) is 24.4 Å². The topological polar surface area (TPSA) is 78.0 Å². The first-order valence-corrected chi connectivity index (χ1v) is 6.76. The van der Waals surface area contributed by atoms with Crippen LogP contribution in [0.25, 0.3) is 11.3 Å². The van der Waals surface area contributed by atoms with Gasteiger partial charge < -0.3 is 0 Å². The van der Waals surface area contributed by atoms with E-state index in [0.29, 0.717) is 11.3 Å². The van der Waals surface area contributed by atoms with Gasteiger partial charge in [-0.05, 0) is 25.5 Å². The summed E-state index contributed by atoms with van der Waals surface area (Å²) < 4.78 is 1.50. The number of aromatic nitrogens is 2. The molecule has 6 heteroatoms. The number of nitro groups is 1. The van der Waals surface area contributed by atoms with E-state index >= 15 is 0 Å². The molecule has 112 valence electrons. The number of carbonyl (C=O) groups excluding carboxylic acids is 1. The molecule has 0 amide bonds. The van der Waals surface area contributed by atoms with Crippen LogP contribution in [-0.4, -0.2) is 20.5 Å². The van der Waals surface area contributed by atoms with Gasteiger partial charge in [0.1, 0.15) is 0 Å². The first-order chi connectivity index (χ1) is 10.0. The highest BCUT2D eigenvalue weighted by molar-refractivity contribution is 5.78. The van der Waals surface area contributed by atoms with E-state index in [1.165, 1.54) is 17.7 Å². The second kappa shape index (κ2) is 7.33. The van der Waals surface area contributed by atoms with Crippen molar-refractivity contribution in [3.05, 3.63) is 46.1 Å². The van der Waals surface area contributed by atoms with E-state index in [0.717, 1.165) is 5.56 Å². The van der Waals surface area contributed by atoms with Crippen LogP contribution >= 0.6 is 0 Å². The molecule has 2 rings (SSSR count). The predicted octanol–water partition coefficient (Wildman–Crippen LogP) is 3.38. The molecule has 1 heterocycles. The number of ketones is 1. The Balaban J connectivity index is 0.00000106. The molecule has 0 radical (unpaired) electrons. The quantitative estimate of drug-likeness (QED) is 0.638. The Bertz CT molecular complexity index is 647. The van der Waals surface area contributed by atoms with E-state index in [1.807, 2.05) is 20.8 Å². The van der Waals surface area contributed by atoms with Crippen molar-refractivity contribution in [3.8, 4) is 11.3 Å². The molecule has 1 aromatic carbocycles. The molecule has 2 aromatic rings. The van der Waals surface area contributed by atoms with Crippen LogP contribution in [0.2, 0.25) is 0 Å². The van der Waals surface area contributed by atoms with Gasteiger partial charge in [0.2, 0.25) is 0 Å². The van der Waals surface area contributed by atoms with Gasteiger partial charge in [-0.25, -0.2) is 0 Å². The Hall–Kier alpha value is -2.50. The van der Waals surface area contributed by atoms with Gasteiger partial charge in [0.05, 0.1) is 28.9 Å². The molecule has 0 bridgehead atoms. The first kappa shape index (κ1) is 16.6. The molecule has 0 saturated heterocycles. The first-order valence-electron chi connectivity index (χ1n) is 6.76. The Morgan fingerprint density at radius 1 is 1.33 bits per heavy atom. The van der Waals surface area contributed by atoms with Crippen LogP contribution in [0.5, 0.6) is 0 Å². The molecule has 0 unspecified atom stereocenters. The molecule has 21 heavy (non-hydrogen) atoms. The fraction of sp³-hybridized carbons (Fsp3) is 0.333.